The van der Waals surface area contributed by atoms with Gasteiger partial charge < -0.3 is 4.57 Å². The van der Waals surface area contributed by atoms with E-state index in [9.17, 15) is 4.57 Å². The van der Waals surface area contributed by atoms with Crippen molar-refractivity contribution in [1.29, 1.82) is 0 Å². The summed E-state index contributed by atoms with van der Waals surface area (Å²) < 4.78 is 12.3. The van der Waals surface area contributed by atoms with Crippen LogP contribution in [0.5, 0.6) is 0 Å². The smallest absolute Gasteiger partial charge is 0.0907 e. The predicted molar refractivity (Wildman–Crippen MR) is 62.1 cm³/mol. The Morgan fingerprint density at radius 2 is 1.54 bits per heavy atom. The number of hydrogen-bond acceptors (Lipinski definition) is 1. The SMILES string of the molecule is C=CCCP(=O)(CCC=C)C(C)C. The molecule has 0 aromatic rings. The lowest BCUT2D eigenvalue weighted by atomic mass is 10.5. The number of rotatable bonds is 7. The quantitative estimate of drug-likeness (QED) is 0.450. The van der Waals surface area contributed by atoms with E-state index in [0.29, 0.717) is 5.66 Å². The van der Waals surface area contributed by atoms with Gasteiger partial charge in [-0.3, -0.25) is 0 Å². The lowest BCUT2D eigenvalue weighted by Gasteiger charge is -2.20. The highest BCUT2D eigenvalue weighted by Gasteiger charge is 2.24. The van der Waals surface area contributed by atoms with Gasteiger partial charge in [-0.1, -0.05) is 26.0 Å². The maximum atomic E-state index is 12.3. The van der Waals surface area contributed by atoms with Crippen LogP contribution >= 0.6 is 7.14 Å². The van der Waals surface area contributed by atoms with E-state index in [1.807, 2.05) is 26.0 Å². The molecule has 0 radical (unpaired) electrons. The Labute approximate surface area is 82.3 Å². The molecule has 0 aliphatic heterocycles. The first kappa shape index (κ1) is 12.7. The third-order valence-corrected chi connectivity index (χ3v) is 6.28. The van der Waals surface area contributed by atoms with Crippen LogP contribution in [-0.2, 0) is 4.57 Å². The zero-order valence-corrected chi connectivity index (χ0v) is 9.72. The molecule has 0 N–H and O–H groups in total. The van der Waals surface area contributed by atoms with Gasteiger partial charge in [-0.25, -0.2) is 0 Å². The first-order chi connectivity index (χ1) is 6.06. The van der Waals surface area contributed by atoms with Crippen LogP contribution in [0.25, 0.3) is 0 Å². The fraction of sp³-hybridized carbons (Fsp3) is 0.636. The molecule has 0 saturated heterocycles. The van der Waals surface area contributed by atoms with E-state index < -0.39 is 7.14 Å². The van der Waals surface area contributed by atoms with Crippen LogP contribution < -0.4 is 0 Å². The predicted octanol–water partition coefficient (Wildman–Crippen LogP) is 3.91. The molecule has 2 heteroatoms. The van der Waals surface area contributed by atoms with Crippen molar-refractivity contribution in [3.63, 3.8) is 0 Å². The van der Waals surface area contributed by atoms with Crippen molar-refractivity contribution >= 4 is 7.14 Å². The van der Waals surface area contributed by atoms with Crippen LogP contribution in [-0.4, -0.2) is 18.0 Å². The van der Waals surface area contributed by atoms with Gasteiger partial charge in [0.15, 0.2) is 0 Å². The Kier molecular flexibility index (Phi) is 6.07. The van der Waals surface area contributed by atoms with Gasteiger partial charge in [-0.2, -0.15) is 0 Å². The zero-order chi connectivity index (χ0) is 10.3. The summed E-state index contributed by atoms with van der Waals surface area (Å²) in [7, 11) is -1.97. The molecule has 0 atom stereocenters. The molecule has 0 saturated carbocycles. The van der Waals surface area contributed by atoms with E-state index in [0.717, 1.165) is 25.2 Å². The van der Waals surface area contributed by atoms with Crippen molar-refractivity contribution in [1.82, 2.24) is 0 Å². The Bertz CT molecular complexity index is 190. The summed E-state index contributed by atoms with van der Waals surface area (Å²) in [6.45, 7) is 11.4. The van der Waals surface area contributed by atoms with E-state index in [4.69, 9.17) is 0 Å². The van der Waals surface area contributed by atoms with Gasteiger partial charge in [-0.15, -0.1) is 13.2 Å². The van der Waals surface area contributed by atoms with Gasteiger partial charge in [0, 0.05) is 18.0 Å². The Morgan fingerprint density at radius 1 is 1.15 bits per heavy atom. The second-order valence-corrected chi connectivity index (χ2v) is 7.48. The van der Waals surface area contributed by atoms with E-state index in [2.05, 4.69) is 13.2 Å². The fourth-order valence-corrected chi connectivity index (χ4v) is 3.74. The summed E-state index contributed by atoms with van der Waals surface area (Å²) >= 11 is 0. The second-order valence-electron chi connectivity index (χ2n) is 3.65. The topological polar surface area (TPSA) is 17.1 Å². The van der Waals surface area contributed by atoms with Crippen molar-refractivity contribution in [3.8, 4) is 0 Å². The van der Waals surface area contributed by atoms with Crippen molar-refractivity contribution in [3.05, 3.63) is 25.3 Å². The Morgan fingerprint density at radius 3 is 1.77 bits per heavy atom. The summed E-state index contributed by atoms with van der Waals surface area (Å²) in [5.41, 5.74) is 0.299. The molecular weight excluding hydrogens is 179 g/mol. The van der Waals surface area contributed by atoms with E-state index >= 15 is 0 Å². The van der Waals surface area contributed by atoms with Gasteiger partial charge >= 0.3 is 0 Å². The molecule has 0 aliphatic carbocycles. The molecule has 0 spiro atoms. The molecule has 0 bridgehead atoms. The third kappa shape index (κ3) is 4.47. The second kappa shape index (κ2) is 6.21. The van der Waals surface area contributed by atoms with Gasteiger partial charge in [0.05, 0.1) is 7.14 Å². The van der Waals surface area contributed by atoms with Crippen LogP contribution in [0.4, 0.5) is 0 Å². The number of allylic oxidation sites excluding steroid dienone is 2. The fourth-order valence-electron chi connectivity index (χ4n) is 1.25. The molecule has 0 heterocycles. The highest BCUT2D eigenvalue weighted by atomic mass is 31.2. The maximum absolute atomic E-state index is 12.3. The Balaban J connectivity index is 4.24. The lowest BCUT2D eigenvalue weighted by Crippen LogP contribution is -2.05. The van der Waals surface area contributed by atoms with Crippen LogP contribution in [0.1, 0.15) is 26.7 Å². The first-order valence-electron chi connectivity index (χ1n) is 4.86. The van der Waals surface area contributed by atoms with Gasteiger partial charge in [0.25, 0.3) is 0 Å². The summed E-state index contributed by atoms with van der Waals surface area (Å²) in [6, 6.07) is 0. The highest BCUT2D eigenvalue weighted by Crippen LogP contribution is 2.51. The number of hydrogen-bond donors (Lipinski definition) is 0. The van der Waals surface area contributed by atoms with E-state index in [1.165, 1.54) is 0 Å². The monoisotopic (exact) mass is 200 g/mol. The standard InChI is InChI=1S/C11H21OP/c1-5-7-9-13(12,11(3)4)10-8-6-2/h5-6,11H,1-2,7-10H2,3-4H3. The minimum absolute atomic E-state index is 0.299. The van der Waals surface area contributed by atoms with Gasteiger partial charge in [-0.05, 0) is 12.8 Å². The van der Waals surface area contributed by atoms with Gasteiger partial charge in [0.1, 0.15) is 0 Å². The van der Waals surface area contributed by atoms with E-state index in [1.54, 1.807) is 0 Å². The van der Waals surface area contributed by atoms with Crippen LogP contribution in [0.3, 0.4) is 0 Å². The average molecular weight is 200 g/mol. The molecule has 0 aromatic carbocycles. The molecular formula is C11H21OP. The van der Waals surface area contributed by atoms with Crippen LogP contribution in [0, 0.1) is 0 Å². The third-order valence-electron chi connectivity index (χ3n) is 2.36. The van der Waals surface area contributed by atoms with Crippen molar-refractivity contribution < 1.29 is 4.57 Å². The molecule has 0 aromatic heterocycles. The zero-order valence-electron chi connectivity index (χ0n) is 8.83. The minimum atomic E-state index is -1.97. The molecule has 76 valence electrons. The average Bonchev–Trinajstić information content (AvgIpc) is 2.11. The summed E-state index contributed by atoms with van der Waals surface area (Å²) in [5, 5.41) is 0. The van der Waals surface area contributed by atoms with Crippen LogP contribution in [0.15, 0.2) is 25.3 Å². The maximum Gasteiger partial charge on any atom is 0.0907 e. The molecule has 13 heavy (non-hydrogen) atoms. The lowest BCUT2D eigenvalue weighted by molar-refractivity contribution is 0.567. The largest absolute Gasteiger partial charge is 0.323 e. The Hall–Kier alpha value is -0.290. The summed E-state index contributed by atoms with van der Waals surface area (Å²) in [5.74, 6) is 0. The molecule has 0 rings (SSSR count). The molecule has 1 nitrogen and oxygen atoms in total. The van der Waals surface area contributed by atoms with Crippen LogP contribution in [0.2, 0.25) is 0 Å². The summed E-state index contributed by atoms with van der Waals surface area (Å²) in [4.78, 5) is 0. The van der Waals surface area contributed by atoms with Gasteiger partial charge in [0.2, 0.25) is 0 Å². The van der Waals surface area contributed by atoms with Crippen molar-refractivity contribution in [2.75, 3.05) is 12.3 Å². The van der Waals surface area contributed by atoms with Crippen molar-refractivity contribution in [2.24, 2.45) is 0 Å². The molecule has 0 amide bonds. The highest BCUT2D eigenvalue weighted by molar-refractivity contribution is 7.64. The minimum Gasteiger partial charge on any atom is -0.323 e. The molecule has 0 aliphatic rings. The first-order valence-corrected chi connectivity index (χ1v) is 7.01. The molecule has 0 fully saturated rings. The molecule has 0 unspecified atom stereocenters. The normalized spacial score (nSPS) is 11.6. The van der Waals surface area contributed by atoms with E-state index in [-0.39, 0.29) is 0 Å². The summed E-state index contributed by atoms with van der Waals surface area (Å²) in [6.07, 6.45) is 7.05. The van der Waals surface area contributed by atoms with Crippen molar-refractivity contribution in [2.45, 2.75) is 32.3 Å².